The van der Waals surface area contributed by atoms with Crippen molar-refractivity contribution in [2.45, 2.75) is 0 Å². The van der Waals surface area contributed by atoms with Gasteiger partial charge < -0.3 is 0 Å². The van der Waals surface area contributed by atoms with E-state index in [2.05, 4.69) is 15.9 Å². The van der Waals surface area contributed by atoms with Crippen LogP contribution in [-0.2, 0) is 0 Å². The van der Waals surface area contributed by atoms with E-state index in [-0.39, 0.29) is 0 Å². The second-order valence-corrected chi connectivity index (χ2v) is 3.24. The summed E-state index contributed by atoms with van der Waals surface area (Å²) < 4.78 is 1.05. The van der Waals surface area contributed by atoms with Crippen LogP contribution in [0.2, 0.25) is 0 Å². The van der Waals surface area contributed by atoms with E-state index < -0.39 is 0 Å². The zero-order valence-electron chi connectivity index (χ0n) is 5.93. The number of halogens is 2. The van der Waals surface area contributed by atoms with Crippen molar-refractivity contribution in [1.29, 1.82) is 0 Å². The lowest BCUT2D eigenvalue weighted by Gasteiger charge is -1.96. The van der Waals surface area contributed by atoms with Crippen molar-refractivity contribution >= 4 is 32.0 Å². The summed E-state index contributed by atoms with van der Waals surface area (Å²) >= 11 is 8.96. The molecule has 0 amide bonds. The molecule has 0 bridgehead atoms. The lowest BCUT2D eigenvalue weighted by molar-refractivity contribution is 1.64. The van der Waals surface area contributed by atoms with E-state index in [1.165, 1.54) is 0 Å². The molecular weight excluding hydrogens is 223 g/mol. The molecule has 1 aromatic rings. The van der Waals surface area contributed by atoms with E-state index in [1.54, 1.807) is 0 Å². The molecule has 1 rings (SSSR count). The topological polar surface area (TPSA) is 0 Å². The number of alkyl halides is 1. The smallest absolute Gasteiger partial charge is 0.0418 e. The average molecular weight is 232 g/mol. The van der Waals surface area contributed by atoms with E-state index in [0.29, 0.717) is 5.88 Å². The van der Waals surface area contributed by atoms with Gasteiger partial charge in [0.25, 0.3) is 0 Å². The van der Waals surface area contributed by atoms with Crippen molar-refractivity contribution in [3.05, 3.63) is 42.0 Å². The normalized spacial score (nSPS) is 11.6. The Bertz CT molecular complexity index is 241. The molecule has 0 aromatic heterocycles. The first-order valence-corrected chi connectivity index (χ1v) is 4.64. The van der Waals surface area contributed by atoms with Gasteiger partial charge in [-0.25, -0.2) is 0 Å². The molecule has 0 nitrogen and oxygen atoms in total. The van der Waals surface area contributed by atoms with E-state index >= 15 is 0 Å². The molecule has 0 saturated carbocycles. The quantitative estimate of drug-likeness (QED) is 0.682. The highest BCUT2D eigenvalue weighted by Gasteiger charge is 1.92. The number of hydrogen-bond acceptors (Lipinski definition) is 0. The Morgan fingerprint density at radius 3 is 2.55 bits per heavy atom. The summed E-state index contributed by atoms with van der Waals surface area (Å²) in [5.74, 6) is 0.537. The maximum absolute atomic E-state index is 5.54. The summed E-state index contributed by atoms with van der Waals surface area (Å²) in [6, 6.07) is 10.1. The fraction of sp³-hybridized carbons (Fsp3) is 0.111. The van der Waals surface area contributed by atoms with Crippen LogP contribution in [0, 0.1) is 0 Å². The number of benzene rings is 1. The first kappa shape index (κ1) is 8.82. The second-order valence-electron chi connectivity index (χ2n) is 2.07. The fourth-order valence-electron chi connectivity index (χ4n) is 0.783. The van der Waals surface area contributed by atoms with Crippen LogP contribution < -0.4 is 0 Å². The molecule has 1 aromatic carbocycles. The van der Waals surface area contributed by atoms with Gasteiger partial charge in [-0.3, -0.25) is 0 Å². The number of hydrogen-bond donors (Lipinski definition) is 0. The van der Waals surface area contributed by atoms with Crippen LogP contribution in [0.1, 0.15) is 5.56 Å². The van der Waals surface area contributed by atoms with Gasteiger partial charge in [-0.15, -0.1) is 11.6 Å². The van der Waals surface area contributed by atoms with Crippen LogP contribution in [-0.4, -0.2) is 5.88 Å². The molecule has 0 unspecified atom stereocenters. The van der Waals surface area contributed by atoms with Crippen molar-refractivity contribution in [1.82, 2.24) is 0 Å². The van der Waals surface area contributed by atoms with Crippen molar-refractivity contribution in [3.8, 4) is 0 Å². The SMILES string of the molecule is ClC/C=C(/Br)c1ccccc1. The minimum atomic E-state index is 0.537. The highest BCUT2D eigenvalue weighted by molar-refractivity contribution is 9.15. The van der Waals surface area contributed by atoms with Gasteiger partial charge in [-0.2, -0.15) is 0 Å². The van der Waals surface area contributed by atoms with Crippen molar-refractivity contribution in [3.63, 3.8) is 0 Å². The van der Waals surface area contributed by atoms with E-state index in [4.69, 9.17) is 11.6 Å². The monoisotopic (exact) mass is 230 g/mol. The summed E-state index contributed by atoms with van der Waals surface area (Å²) in [6.45, 7) is 0. The molecule has 0 radical (unpaired) electrons. The Morgan fingerprint density at radius 1 is 1.36 bits per heavy atom. The Labute approximate surface area is 80.0 Å². The van der Waals surface area contributed by atoms with Crippen molar-refractivity contribution < 1.29 is 0 Å². The maximum atomic E-state index is 5.54. The fourth-order valence-corrected chi connectivity index (χ4v) is 1.55. The molecule has 0 aliphatic carbocycles. The third-order valence-corrected chi connectivity index (χ3v) is 2.24. The Kier molecular flexibility index (Phi) is 3.67. The molecule has 0 aliphatic rings. The average Bonchev–Trinajstić information content (AvgIpc) is 2.07. The number of rotatable bonds is 2. The third kappa shape index (κ3) is 2.68. The summed E-state index contributed by atoms with van der Waals surface area (Å²) in [5, 5.41) is 0. The molecule has 58 valence electrons. The van der Waals surface area contributed by atoms with Crippen LogP contribution >= 0.6 is 27.5 Å². The summed E-state index contributed by atoms with van der Waals surface area (Å²) in [6.07, 6.45) is 1.93. The predicted octanol–water partition coefficient (Wildman–Crippen LogP) is 3.66. The van der Waals surface area contributed by atoms with Gasteiger partial charge in [-0.05, 0) is 5.56 Å². The summed E-state index contributed by atoms with van der Waals surface area (Å²) in [4.78, 5) is 0. The van der Waals surface area contributed by atoms with Crippen molar-refractivity contribution in [2.24, 2.45) is 0 Å². The second kappa shape index (κ2) is 4.58. The minimum Gasteiger partial charge on any atom is -0.122 e. The molecule has 2 heteroatoms. The molecule has 11 heavy (non-hydrogen) atoms. The standard InChI is InChI=1S/C9H8BrCl/c10-9(6-7-11)8-4-2-1-3-5-8/h1-6H,7H2/b9-6+. The summed E-state index contributed by atoms with van der Waals surface area (Å²) in [7, 11) is 0. The first-order valence-electron chi connectivity index (χ1n) is 3.31. The Hall–Kier alpha value is -0.270. The molecule has 0 spiro atoms. The van der Waals surface area contributed by atoms with Gasteiger partial charge in [0, 0.05) is 10.4 Å². The molecular formula is C9H8BrCl. The van der Waals surface area contributed by atoms with E-state index in [0.717, 1.165) is 10.0 Å². The van der Waals surface area contributed by atoms with Crippen molar-refractivity contribution in [2.75, 3.05) is 5.88 Å². The molecule has 0 N–H and O–H groups in total. The zero-order valence-corrected chi connectivity index (χ0v) is 8.27. The van der Waals surface area contributed by atoms with Gasteiger partial charge in [-0.1, -0.05) is 52.3 Å². The van der Waals surface area contributed by atoms with Gasteiger partial charge in [0.2, 0.25) is 0 Å². The Morgan fingerprint density at radius 2 is 2.00 bits per heavy atom. The van der Waals surface area contributed by atoms with Gasteiger partial charge in [0.1, 0.15) is 0 Å². The van der Waals surface area contributed by atoms with Crippen LogP contribution in [0.15, 0.2) is 36.4 Å². The zero-order chi connectivity index (χ0) is 8.10. The maximum Gasteiger partial charge on any atom is 0.0418 e. The minimum absolute atomic E-state index is 0.537. The Balaban J connectivity index is 2.85. The third-order valence-electron chi connectivity index (χ3n) is 1.31. The molecule has 0 aliphatic heterocycles. The van der Waals surface area contributed by atoms with Crippen LogP contribution in [0.5, 0.6) is 0 Å². The highest BCUT2D eigenvalue weighted by atomic mass is 79.9. The van der Waals surface area contributed by atoms with E-state index in [1.807, 2.05) is 36.4 Å². The predicted molar refractivity (Wildman–Crippen MR) is 54.1 cm³/mol. The van der Waals surface area contributed by atoms with Crippen LogP contribution in [0.25, 0.3) is 4.48 Å². The van der Waals surface area contributed by atoms with Crippen LogP contribution in [0.4, 0.5) is 0 Å². The first-order chi connectivity index (χ1) is 5.34. The van der Waals surface area contributed by atoms with Crippen LogP contribution in [0.3, 0.4) is 0 Å². The molecule has 0 heterocycles. The van der Waals surface area contributed by atoms with Gasteiger partial charge in [0.05, 0.1) is 0 Å². The van der Waals surface area contributed by atoms with Gasteiger partial charge in [0.15, 0.2) is 0 Å². The lowest BCUT2D eigenvalue weighted by Crippen LogP contribution is -1.74. The molecule has 0 fully saturated rings. The molecule has 0 saturated heterocycles. The largest absolute Gasteiger partial charge is 0.122 e. The lowest BCUT2D eigenvalue weighted by atomic mass is 10.2. The highest BCUT2D eigenvalue weighted by Crippen LogP contribution is 2.20. The summed E-state index contributed by atoms with van der Waals surface area (Å²) in [5.41, 5.74) is 1.16. The number of allylic oxidation sites excluding steroid dienone is 1. The van der Waals surface area contributed by atoms with E-state index in [9.17, 15) is 0 Å². The van der Waals surface area contributed by atoms with Gasteiger partial charge >= 0.3 is 0 Å². The molecule has 0 atom stereocenters.